The van der Waals surface area contributed by atoms with Gasteiger partial charge in [-0.15, -0.1) is 22.7 Å². The molecule has 2 aromatic heterocycles. The van der Waals surface area contributed by atoms with Crippen LogP contribution in [0.4, 0.5) is 0 Å². The minimum atomic E-state index is 1.38. The van der Waals surface area contributed by atoms with Crippen LogP contribution in [0.2, 0.25) is 0 Å². The molecular weight excluding hydrogens is 232 g/mol. The molecule has 0 bridgehead atoms. The van der Waals surface area contributed by atoms with E-state index < -0.39 is 0 Å². The van der Waals surface area contributed by atoms with Gasteiger partial charge in [-0.3, -0.25) is 0 Å². The quantitative estimate of drug-likeness (QED) is 0.669. The number of thiophene rings is 2. The average molecular weight is 248 g/mol. The van der Waals surface area contributed by atoms with E-state index >= 15 is 0 Å². The lowest BCUT2D eigenvalue weighted by Gasteiger charge is -2.03. The molecule has 0 radical (unpaired) electrons. The van der Waals surface area contributed by atoms with Gasteiger partial charge >= 0.3 is 0 Å². The number of rotatable bonds is 2. The highest BCUT2D eigenvalue weighted by Crippen LogP contribution is 2.32. The van der Waals surface area contributed by atoms with Crippen LogP contribution in [-0.4, -0.2) is 0 Å². The van der Waals surface area contributed by atoms with E-state index in [0.717, 1.165) is 0 Å². The van der Waals surface area contributed by atoms with Crippen LogP contribution >= 0.6 is 22.7 Å². The van der Waals surface area contributed by atoms with Crippen LogP contribution in [0, 0.1) is 13.8 Å². The van der Waals surface area contributed by atoms with Crippen molar-refractivity contribution in [1.29, 1.82) is 0 Å². The topological polar surface area (TPSA) is 0 Å². The Kier molecular flexibility index (Phi) is 3.31. The van der Waals surface area contributed by atoms with Gasteiger partial charge < -0.3 is 0 Å². The summed E-state index contributed by atoms with van der Waals surface area (Å²) in [5.74, 6) is 0. The Bertz CT molecular complexity index is 478. The number of hydrogen-bond donors (Lipinski definition) is 0. The first-order valence-corrected chi connectivity index (χ1v) is 7.02. The molecule has 2 heteroatoms. The summed E-state index contributed by atoms with van der Waals surface area (Å²) in [4.78, 5) is 5.54. The number of aryl methyl sites for hydroxylation is 2. The predicted molar refractivity (Wildman–Crippen MR) is 76.3 cm³/mol. The van der Waals surface area contributed by atoms with Crippen LogP contribution in [0.25, 0.3) is 11.1 Å². The fourth-order valence-corrected chi connectivity index (χ4v) is 3.49. The van der Waals surface area contributed by atoms with Crippen molar-refractivity contribution in [2.24, 2.45) is 0 Å². The first-order chi connectivity index (χ1) is 7.58. The van der Waals surface area contributed by atoms with E-state index in [2.05, 4.69) is 52.0 Å². The Balaban J connectivity index is 2.41. The number of hydrogen-bond acceptors (Lipinski definition) is 2. The summed E-state index contributed by atoms with van der Waals surface area (Å²) >= 11 is 3.74. The molecule has 0 nitrogen and oxygen atoms in total. The van der Waals surface area contributed by atoms with Gasteiger partial charge in [0.15, 0.2) is 0 Å². The molecule has 0 aromatic carbocycles. The third-order valence-electron chi connectivity index (χ3n) is 2.78. The van der Waals surface area contributed by atoms with Crippen molar-refractivity contribution >= 4 is 33.8 Å². The Hall–Kier alpha value is -0.860. The normalized spacial score (nSPS) is 12.8. The molecule has 84 valence electrons. The second-order valence-electron chi connectivity index (χ2n) is 4.07. The molecule has 2 aromatic rings. The SMILES string of the molecule is C/C(=C(/C)c1ccc(C)s1)c1ccc(C)s1. The lowest BCUT2D eigenvalue weighted by atomic mass is 10.1. The molecule has 0 aliphatic carbocycles. The van der Waals surface area contributed by atoms with E-state index in [1.807, 2.05) is 22.7 Å². The van der Waals surface area contributed by atoms with Gasteiger partial charge in [-0.1, -0.05) is 0 Å². The summed E-state index contributed by atoms with van der Waals surface area (Å²) in [6.07, 6.45) is 0. The first kappa shape index (κ1) is 11.6. The zero-order chi connectivity index (χ0) is 11.7. The fraction of sp³-hybridized carbons (Fsp3) is 0.286. The van der Waals surface area contributed by atoms with E-state index in [4.69, 9.17) is 0 Å². The minimum Gasteiger partial charge on any atom is -0.141 e. The maximum absolute atomic E-state index is 2.22. The maximum Gasteiger partial charge on any atom is 0.0305 e. The van der Waals surface area contributed by atoms with E-state index in [0.29, 0.717) is 0 Å². The highest BCUT2D eigenvalue weighted by molar-refractivity contribution is 7.14. The number of allylic oxidation sites excluding steroid dienone is 2. The molecule has 0 saturated carbocycles. The fourth-order valence-electron chi connectivity index (χ4n) is 1.64. The second-order valence-corrected chi connectivity index (χ2v) is 6.65. The van der Waals surface area contributed by atoms with E-state index in [1.165, 1.54) is 30.7 Å². The van der Waals surface area contributed by atoms with Crippen LogP contribution in [0.15, 0.2) is 24.3 Å². The van der Waals surface area contributed by atoms with Gasteiger partial charge in [-0.2, -0.15) is 0 Å². The predicted octanol–water partition coefficient (Wildman–Crippen LogP) is 5.38. The Morgan fingerprint density at radius 3 is 1.38 bits per heavy atom. The summed E-state index contributed by atoms with van der Waals surface area (Å²) in [7, 11) is 0. The lowest BCUT2D eigenvalue weighted by molar-refractivity contribution is 1.61. The molecule has 2 heterocycles. The summed E-state index contributed by atoms with van der Waals surface area (Å²) in [5, 5.41) is 0. The van der Waals surface area contributed by atoms with Crippen molar-refractivity contribution < 1.29 is 0 Å². The molecule has 0 saturated heterocycles. The highest BCUT2D eigenvalue weighted by Gasteiger charge is 2.06. The van der Waals surface area contributed by atoms with E-state index in [1.54, 1.807) is 0 Å². The summed E-state index contributed by atoms with van der Waals surface area (Å²) in [5.41, 5.74) is 2.81. The molecule has 0 atom stereocenters. The third kappa shape index (κ3) is 2.28. The van der Waals surface area contributed by atoms with Crippen LogP contribution < -0.4 is 0 Å². The van der Waals surface area contributed by atoms with E-state index in [-0.39, 0.29) is 0 Å². The maximum atomic E-state index is 2.22. The molecule has 0 unspecified atom stereocenters. The van der Waals surface area contributed by atoms with Crippen LogP contribution in [0.1, 0.15) is 33.4 Å². The Morgan fingerprint density at radius 1 is 0.750 bits per heavy atom. The molecule has 16 heavy (non-hydrogen) atoms. The van der Waals surface area contributed by atoms with Gasteiger partial charge in [0.2, 0.25) is 0 Å². The highest BCUT2D eigenvalue weighted by atomic mass is 32.1. The molecular formula is C14H16S2. The first-order valence-electron chi connectivity index (χ1n) is 5.39. The van der Waals surface area contributed by atoms with Gasteiger partial charge in [0.25, 0.3) is 0 Å². The Morgan fingerprint density at radius 2 is 1.12 bits per heavy atom. The van der Waals surface area contributed by atoms with Crippen molar-refractivity contribution in [3.8, 4) is 0 Å². The van der Waals surface area contributed by atoms with Gasteiger partial charge in [-0.05, 0) is 63.1 Å². The van der Waals surface area contributed by atoms with Crippen molar-refractivity contribution in [2.45, 2.75) is 27.7 Å². The van der Waals surface area contributed by atoms with Crippen LogP contribution in [-0.2, 0) is 0 Å². The second kappa shape index (κ2) is 4.56. The van der Waals surface area contributed by atoms with Crippen LogP contribution in [0.5, 0.6) is 0 Å². The Labute approximate surface area is 105 Å². The molecule has 0 N–H and O–H groups in total. The standard InChI is InChI=1S/C14H16S2/c1-9-5-7-13(15-9)11(3)12(4)14-8-6-10(2)16-14/h5-8H,1-4H3/b12-11+. The van der Waals surface area contributed by atoms with Crippen molar-refractivity contribution in [3.63, 3.8) is 0 Å². The lowest BCUT2D eigenvalue weighted by Crippen LogP contribution is -1.78. The molecule has 0 aliphatic rings. The summed E-state index contributed by atoms with van der Waals surface area (Å²) in [6, 6.07) is 8.82. The molecule has 2 rings (SSSR count). The van der Waals surface area contributed by atoms with Gasteiger partial charge in [0.05, 0.1) is 0 Å². The molecule has 0 aliphatic heterocycles. The monoisotopic (exact) mass is 248 g/mol. The summed E-state index contributed by atoms with van der Waals surface area (Å²) < 4.78 is 0. The van der Waals surface area contributed by atoms with Crippen LogP contribution in [0.3, 0.4) is 0 Å². The zero-order valence-electron chi connectivity index (χ0n) is 10.1. The molecule has 0 amide bonds. The van der Waals surface area contributed by atoms with Crippen molar-refractivity contribution in [2.75, 3.05) is 0 Å². The summed E-state index contributed by atoms with van der Waals surface area (Å²) in [6.45, 7) is 8.75. The zero-order valence-corrected chi connectivity index (χ0v) is 11.8. The van der Waals surface area contributed by atoms with Crippen molar-refractivity contribution in [1.82, 2.24) is 0 Å². The van der Waals surface area contributed by atoms with Gasteiger partial charge in [0, 0.05) is 19.5 Å². The molecule has 0 fully saturated rings. The smallest absolute Gasteiger partial charge is 0.0305 e. The van der Waals surface area contributed by atoms with E-state index in [9.17, 15) is 0 Å². The van der Waals surface area contributed by atoms with Crippen molar-refractivity contribution in [3.05, 3.63) is 43.8 Å². The largest absolute Gasteiger partial charge is 0.141 e. The third-order valence-corrected chi connectivity index (χ3v) is 5.02. The van der Waals surface area contributed by atoms with Gasteiger partial charge in [-0.25, -0.2) is 0 Å². The minimum absolute atomic E-state index is 1.38. The molecule has 0 spiro atoms. The van der Waals surface area contributed by atoms with Gasteiger partial charge in [0.1, 0.15) is 0 Å². The average Bonchev–Trinajstić information content (AvgIpc) is 2.85.